The third kappa shape index (κ3) is 5.82. The first-order valence-electron chi connectivity index (χ1n) is 9.07. The number of likely N-dealkylation sites (tertiary alicyclic amines) is 1. The van der Waals surface area contributed by atoms with Crippen molar-refractivity contribution in [3.63, 3.8) is 0 Å². The van der Waals surface area contributed by atoms with Gasteiger partial charge in [0.25, 0.3) is 0 Å². The summed E-state index contributed by atoms with van der Waals surface area (Å²) in [7, 11) is 1.79. The summed E-state index contributed by atoms with van der Waals surface area (Å²) in [6.07, 6.45) is 2.49. The predicted octanol–water partition coefficient (Wildman–Crippen LogP) is 2.32. The Hall–Kier alpha value is -1.56. The van der Waals surface area contributed by atoms with E-state index in [1.807, 2.05) is 13.8 Å². The van der Waals surface area contributed by atoms with Crippen molar-refractivity contribution in [1.82, 2.24) is 20.5 Å². The van der Waals surface area contributed by atoms with E-state index in [0.717, 1.165) is 48.8 Å². The molecular weight excluding hydrogens is 302 g/mol. The zero-order valence-electron chi connectivity index (χ0n) is 15.9. The van der Waals surface area contributed by atoms with Gasteiger partial charge in [-0.15, -0.1) is 0 Å². The lowest BCUT2D eigenvalue weighted by Gasteiger charge is -2.35. The van der Waals surface area contributed by atoms with E-state index in [-0.39, 0.29) is 0 Å². The summed E-state index contributed by atoms with van der Waals surface area (Å²) >= 11 is 0. The predicted molar refractivity (Wildman–Crippen MR) is 98.2 cm³/mol. The molecule has 1 fully saturated rings. The van der Waals surface area contributed by atoms with E-state index in [2.05, 4.69) is 39.4 Å². The first-order chi connectivity index (χ1) is 11.5. The number of rotatable bonds is 6. The van der Waals surface area contributed by atoms with Gasteiger partial charge in [-0.3, -0.25) is 4.99 Å². The van der Waals surface area contributed by atoms with E-state index in [0.29, 0.717) is 12.4 Å². The van der Waals surface area contributed by atoms with Crippen LogP contribution >= 0.6 is 0 Å². The minimum absolute atomic E-state index is 0.551. The van der Waals surface area contributed by atoms with Crippen LogP contribution in [0.5, 0.6) is 0 Å². The number of nitrogens with one attached hydrogen (secondary N) is 2. The molecule has 0 aromatic carbocycles. The second-order valence-electron chi connectivity index (χ2n) is 7.16. The highest BCUT2D eigenvalue weighted by Gasteiger charge is 2.20. The molecule has 0 amide bonds. The highest BCUT2D eigenvalue weighted by molar-refractivity contribution is 5.79. The molecular formula is C18H33N5O. The van der Waals surface area contributed by atoms with Gasteiger partial charge in [0.1, 0.15) is 5.76 Å². The van der Waals surface area contributed by atoms with Crippen LogP contribution in [0, 0.1) is 25.7 Å². The number of guanidine groups is 1. The minimum Gasteiger partial charge on any atom is -0.444 e. The number of oxazole rings is 1. The number of hydrogen-bond donors (Lipinski definition) is 2. The fourth-order valence-electron chi connectivity index (χ4n) is 3.48. The summed E-state index contributed by atoms with van der Waals surface area (Å²) in [5.74, 6) is 4.01. The van der Waals surface area contributed by atoms with Crippen LogP contribution < -0.4 is 10.6 Å². The fraction of sp³-hybridized carbons (Fsp3) is 0.778. The number of nitrogens with zero attached hydrogens (tertiary/aromatic N) is 3. The maximum Gasteiger partial charge on any atom is 0.214 e. The van der Waals surface area contributed by atoms with Gasteiger partial charge in [-0.05, 0) is 45.1 Å². The summed E-state index contributed by atoms with van der Waals surface area (Å²) in [5.41, 5.74) is 0.944. The summed E-state index contributed by atoms with van der Waals surface area (Å²) < 4.78 is 5.57. The van der Waals surface area contributed by atoms with Crippen molar-refractivity contribution < 1.29 is 4.42 Å². The van der Waals surface area contributed by atoms with Crippen LogP contribution in [0.3, 0.4) is 0 Å². The van der Waals surface area contributed by atoms with E-state index in [9.17, 15) is 0 Å². The van der Waals surface area contributed by atoms with Gasteiger partial charge in [0.2, 0.25) is 5.89 Å². The molecule has 24 heavy (non-hydrogen) atoms. The Morgan fingerprint density at radius 1 is 1.25 bits per heavy atom. The van der Waals surface area contributed by atoms with Crippen molar-refractivity contribution in [1.29, 1.82) is 0 Å². The van der Waals surface area contributed by atoms with E-state index >= 15 is 0 Å². The molecule has 2 heterocycles. The summed E-state index contributed by atoms with van der Waals surface area (Å²) in [6.45, 7) is 13.7. The topological polar surface area (TPSA) is 65.7 Å². The van der Waals surface area contributed by atoms with Crippen molar-refractivity contribution in [2.75, 3.05) is 33.2 Å². The lowest BCUT2D eigenvalue weighted by molar-refractivity contribution is 0.140. The molecule has 1 saturated heterocycles. The molecule has 2 atom stereocenters. The smallest absolute Gasteiger partial charge is 0.214 e. The van der Waals surface area contributed by atoms with E-state index < -0.39 is 0 Å². The van der Waals surface area contributed by atoms with E-state index in [1.165, 1.54) is 19.5 Å². The molecule has 6 heteroatoms. The summed E-state index contributed by atoms with van der Waals surface area (Å²) in [4.78, 5) is 11.2. The lowest BCUT2D eigenvalue weighted by Crippen LogP contribution is -2.41. The normalized spacial score (nSPS) is 22.6. The van der Waals surface area contributed by atoms with Gasteiger partial charge in [-0.1, -0.05) is 13.8 Å². The van der Waals surface area contributed by atoms with E-state index in [4.69, 9.17) is 4.42 Å². The average Bonchev–Trinajstić information content (AvgIpc) is 2.84. The van der Waals surface area contributed by atoms with Gasteiger partial charge in [0.05, 0.1) is 12.2 Å². The zero-order chi connectivity index (χ0) is 17.5. The van der Waals surface area contributed by atoms with E-state index in [1.54, 1.807) is 7.05 Å². The molecule has 2 rings (SSSR count). The maximum absolute atomic E-state index is 5.57. The molecule has 1 aromatic rings. The van der Waals surface area contributed by atoms with Crippen LogP contribution in [-0.2, 0) is 6.54 Å². The van der Waals surface area contributed by atoms with Crippen LogP contribution in [0.2, 0.25) is 0 Å². The Morgan fingerprint density at radius 3 is 2.54 bits per heavy atom. The Morgan fingerprint density at radius 2 is 1.96 bits per heavy atom. The number of piperidine rings is 1. The van der Waals surface area contributed by atoms with Gasteiger partial charge < -0.3 is 20.0 Å². The van der Waals surface area contributed by atoms with Crippen molar-refractivity contribution >= 4 is 5.96 Å². The molecule has 2 unspecified atom stereocenters. The molecule has 0 saturated carbocycles. The maximum atomic E-state index is 5.57. The minimum atomic E-state index is 0.551. The Kier molecular flexibility index (Phi) is 7.09. The van der Waals surface area contributed by atoms with Crippen LogP contribution in [0.1, 0.15) is 44.0 Å². The molecule has 0 aliphatic carbocycles. The highest BCUT2D eigenvalue weighted by Crippen LogP contribution is 2.20. The molecule has 1 aliphatic rings. The zero-order valence-corrected chi connectivity index (χ0v) is 15.9. The number of hydrogen-bond acceptors (Lipinski definition) is 4. The first kappa shape index (κ1) is 18.8. The number of aliphatic imine (C=N–C) groups is 1. The molecule has 0 radical (unpaired) electrons. The second-order valence-corrected chi connectivity index (χ2v) is 7.16. The van der Waals surface area contributed by atoms with Crippen LogP contribution in [0.25, 0.3) is 0 Å². The molecule has 136 valence electrons. The van der Waals surface area contributed by atoms with Gasteiger partial charge in [0, 0.05) is 26.7 Å². The van der Waals surface area contributed by atoms with Crippen LogP contribution in [0.15, 0.2) is 9.41 Å². The fourth-order valence-corrected chi connectivity index (χ4v) is 3.48. The molecule has 0 bridgehead atoms. The summed E-state index contributed by atoms with van der Waals surface area (Å²) in [5, 5.41) is 6.61. The van der Waals surface area contributed by atoms with Crippen LogP contribution in [0.4, 0.5) is 0 Å². The van der Waals surface area contributed by atoms with Crippen molar-refractivity contribution in [3.8, 4) is 0 Å². The second kappa shape index (κ2) is 9.06. The quantitative estimate of drug-likeness (QED) is 0.474. The molecule has 0 spiro atoms. The highest BCUT2D eigenvalue weighted by atomic mass is 16.4. The van der Waals surface area contributed by atoms with Gasteiger partial charge in [-0.2, -0.15) is 0 Å². The largest absolute Gasteiger partial charge is 0.444 e. The first-order valence-corrected chi connectivity index (χ1v) is 9.07. The third-order valence-corrected chi connectivity index (χ3v) is 4.59. The van der Waals surface area contributed by atoms with Crippen molar-refractivity contribution in [2.45, 2.75) is 47.1 Å². The standard InChI is InChI=1S/C18H33N5O/c1-13-9-14(2)12-23(11-13)8-6-7-20-18(19-5)21-10-17-22-15(3)16(4)24-17/h13-14H,6-12H2,1-5H3,(H2,19,20,21). The Balaban J connectivity index is 1.64. The monoisotopic (exact) mass is 335 g/mol. The SMILES string of the molecule is CN=C(NCCCN1CC(C)CC(C)C1)NCc1nc(C)c(C)o1. The Labute approximate surface area is 146 Å². The number of aryl methyl sites for hydroxylation is 2. The number of aromatic nitrogens is 1. The molecule has 2 N–H and O–H groups in total. The van der Waals surface area contributed by atoms with Gasteiger partial charge in [0.15, 0.2) is 5.96 Å². The average molecular weight is 335 g/mol. The lowest BCUT2D eigenvalue weighted by atomic mass is 9.92. The van der Waals surface area contributed by atoms with Crippen molar-refractivity contribution in [2.24, 2.45) is 16.8 Å². The summed E-state index contributed by atoms with van der Waals surface area (Å²) in [6, 6.07) is 0. The van der Waals surface area contributed by atoms with Gasteiger partial charge in [-0.25, -0.2) is 4.98 Å². The van der Waals surface area contributed by atoms with Crippen LogP contribution in [-0.4, -0.2) is 49.1 Å². The molecule has 1 aromatic heterocycles. The van der Waals surface area contributed by atoms with Gasteiger partial charge >= 0.3 is 0 Å². The Bertz CT molecular complexity index is 510. The molecule has 1 aliphatic heterocycles. The third-order valence-electron chi connectivity index (χ3n) is 4.59. The van der Waals surface area contributed by atoms with Crippen molar-refractivity contribution in [3.05, 3.63) is 17.3 Å². The molecule has 6 nitrogen and oxygen atoms in total.